The van der Waals surface area contributed by atoms with E-state index >= 15 is 0 Å². The Kier molecular flexibility index (Phi) is 5.94. The van der Waals surface area contributed by atoms with Crippen molar-refractivity contribution in [3.8, 4) is 22.3 Å². The van der Waals surface area contributed by atoms with Gasteiger partial charge in [0.15, 0.2) is 0 Å². The van der Waals surface area contributed by atoms with E-state index < -0.39 is 0 Å². The van der Waals surface area contributed by atoms with Gasteiger partial charge in [-0.25, -0.2) is 0 Å². The normalized spacial score (nSPS) is 10.6. The lowest BCUT2D eigenvalue weighted by molar-refractivity contribution is -0.128. The minimum atomic E-state index is 0.0531. The molecule has 0 aliphatic rings. The molecule has 0 saturated carbocycles. The summed E-state index contributed by atoms with van der Waals surface area (Å²) in [5, 5.41) is 0. The molecule has 0 heterocycles. The molecular formula is C22H19Br2NO. The van der Waals surface area contributed by atoms with Crippen molar-refractivity contribution in [3.63, 3.8) is 0 Å². The van der Waals surface area contributed by atoms with Crippen LogP contribution in [0.15, 0.2) is 75.7 Å². The van der Waals surface area contributed by atoms with Crippen LogP contribution < -0.4 is 0 Å². The fourth-order valence-electron chi connectivity index (χ4n) is 2.91. The van der Waals surface area contributed by atoms with Gasteiger partial charge in [-0.3, -0.25) is 4.79 Å². The van der Waals surface area contributed by atoms with Gasteiger partial charge in [-0.05, 0) is 52.1 Å². The van der Waals surface area contributed by atoms with E-state index in [-0.39, 0.29) is 5.91 Å². The van der Waals surface area contributed by atoms with Gasteiger partial charge >= 0.3 is 0 Å². The summed E-state index contributed by atoms with van der Waals surface area (Å²) in [7, 11) is 1.84. The lowest BCUT2D eigenvalue weighted by Crippen LogP contribution is -2.23. The summed E-state index contributed by atoms with van der Waals surface area (Å²) in [5.41, 5.74) is 5.71. The zero-order valence-electron chi connectivity index (χ0n) is 14.7. The molecule has 0 atom stereocenters. The van der Waals surface area contributed by atoms with Gasteiger partial charge in [0, 0.05) is 29.5 Å². The van der Waals surface area contributed by atoms with Crippen LogP contribution in [-0.4, -0.2) is 17.9 Å². The van der Waals surface area contributed by atoms with Crippen LogP contribution in [0.25, 0.3) is 22.3 Å². The fraction of sp³-hybridized carbons (Fsp3) is 0.136. The minimum Gasteiger partial charge on any atom is -0.342 e. The Morgan fingerprint density at radius 2 is 1.23 bits per heavy atom. The van der Waals surface area contributed by atoms with Crippen LogP contribution in [0.2, 0.25) is 0 Å². The van der Waals surface area contributed by atoms with E-state index in [0.29, 0.717) is 6.54 Å². The first-order valence-corrected chi connectivity index (χ1v) is 9.90. The largest absolute Gasteiger partial charge is 0.342 e. The van der Waals surface area contributed by atoms with E-state index in [1.807, 2.05) is 31.3 Å². The van der Waals surface area contributed by atoms with Crippen molar-refractivity contribution in [2.45, 2.75) is 13.5 Å². The molecule has 0 fully saturated rings. The number of carbonyl (C=O) groups excluding carboxylic acids is 1. The van der Waals surface area contributed by atoms with Crippen molar-refractivity contribution in [2.75, 3.05) is 7.05 Å². The Labute approximate surface area is 171 Å². The highest BCUT2D eigenvalue weighted by molar-refractivity contribution is 9.10. The van der Waals surface area contributed by atoms with Crippen molar-refractivity contribution in [1.82, 2.24) is 4.90 Å². The van der Waals surface area contributed by atoms with Crippen molar-refractivity contribution in [3.05, 3.63) is 81.2 Å². The fourth-order valence-corrected chi connectivity index (χ4v) is 3.43. The van der Waals surface area contributed by atoms with Crippen LogP contribution in [0.4, 0.5) is 0 Å². The zero-order valence-corrected chi connectivity index (χ0v) is 17.8. The van der Waals surface area contributed by atoms with Gasteiger partial charge in [0.2, 0.25) is 5.91 Å². The second-order valence-corrected chi connectivity index (χ2v) is 8.05. The lowest BCUT2D eigenvalue weighted by atomic mass is 9.91. The van der Waals surface area contributed by atoms with E-state index in [0.717, 1.165) is 36.8 Å². The smallest absolute Gasteiger partial charge is 0.219 e. The standard InChI is InChI=1S/C22H19Br2NO/c1-15(26)25(2)14-22-20(16-6-10-18(23)11-7-16)4-3-5-21(22)17-8-12-19(24)13-9-17/h3-13H,14H2,1-2H3. The Morgan fingerprint density at radius 3 is 1.62 bits per heavy atom. The second-order valence-electron chi connectivity index (χ2n) is 6.22. The van der Waals surface area contributed by atoms with Gasteiger partial charge < -0.3 is 4.90 Å². The Bertz CT molecular complexity index is 854. The van der Waals surface area contributed by atoms with Crippen LogP contribution in [-0.2, 0) is 11.3 Å². The highest BCUT2D eigenvalue weighted by Gasteiger charge is 2.15. The van der Waals surface area contributed by atoms with Gasteiger partial charge in [0.05, 0.1) is 0 Å². The Morgan fingerprint density at radius 1 is 0.808 bits per heavy atom. The maximum atomic E-state index is 11.8. The summed E-state index contributed by atoms with van der Waals surface area (Å²) in [6.45, 7) is 2.16. The average Bonchev–Trinajstić information content (AvgIpc) is 2.63. The van der Waals surface area contributed by atoms with Gasteiger partial charge in [-0.1, -0.05) is 74.3 Å². The van der Waals surface area contributed by atoms with E-state index in [2.05, 4.69) is 74.3 Å². The molecule has 3 rings (SSSR count). The van der Waals surface area contributed by atoms with E-state index in [4.69, 9.17) is 0 Å². The predicted molar refractivity (Wildman–Crippen MR) is 115 cm³/mol. The van der Waals surface area contributed by atoms with Crippen LogP contribution in [0.1, 0.15) is 12.5 Å². The molecule has 0 N–H and O–H groups in total. The molecule has 0 aliphatic carbocycles. The second kappa shape index (κ2) is 8.19. The third-order valence-corrected chi connectivity index (χ3v) is 5.48. The average molecular weight is 473 g/mol. The summed E-state index contributed by atoms with van der Waals surface area (Å²) >= 11 is 6.99. The molecule has 0 unspecified atom stereocenters. The molecule has 4 heteroatoms. The molecule has 0 aliphatic heterocycles. The molecule has 26 heavy (non-hydrogen) atoms. The molecule has 0 bridgehead atoms. The number of hydrogen-bond acceptors (Lipinski definition) is 1. The lowest BCUT2D eigenvalue weighted by Gasteiger charge is -2.21. The zero-order chi connectivity index (χ0) is 18.7. The molecule has 3 aromatic carbocycles. The number of amides is 1. The maximum Gasteiger partial charge on any atom is 0.219 e. The van der Waals surface area contributed by atoms with Crippen molar-refractivity contribution in [1.29, 1.82) is 0 Å². The van der Waals surface area contributed by atoms with Gasteiger partial charge in [-0.15, -0.1) is 0 Å². The first kappa shape index (κ1) is 18.9. The molecule has 1 amide bonds. The first-order chi connectivity index (χ1) is 12.5. The van der Waals surface area contributed by atoms with Crippen molar-refractivity contribution in [2.24, 2.45) is 0 Å². The van der Waals surface area contributed by atoms with E-state index in [9.17, 15) is 4.79 Å². The van der Waals surface area contributed by atoms with Gasteiger partial charge in [0.1, 0.15) is 0 Å². The quantitative estimate of drug-likeness (QED) is 0.423. The predicted octanol–water partition coefficient (Wildman–Crippen LogP) is 6.52. The Hall–Kier alpha value is -1.91. The van der Waals surface area contributed by atoms with Gasteiger partial charge in [-0.2, -0.15) is 0 Å². The Balaban J connectivity index is 2.17. The topological polar surface area (TPSA) is 20.3 Å². The molecule has 132 valence electrons. The van der Waals surface area contributed by atoms with Crippen LogP contribution >= 0.6 is 31.9 Å². The van der Waals surface area contributed by atoms with Gasteiger partial charge in [0.25, 0.3) is 0 Å². The van der Waals surface area contributed by atoms with Crippen LogP contribution in [0, 0.1) is 0 Å². The molecular weight excluding hydrogens is 454 g/mol. The molecule has 0 aromatic heterocycles. The summed E-state index contributed by atoms with van der Waals surface area (Å²) in [5.74, 6) is 0.0531. The first-order valence-electron chi connectivity index (χ1n) is 8.31. The summed E-state index contributed by atoms with van der Waals surface area (Å²) < 4.78 is 2.10. The minimum absolute atomic E-state index is 0.0531. The molecule has 2 nitrogen and oxygen atoms in total. The highest BCUT2D eigenvalue weighted by Crippen LogP contribution is 2.34. The molecule has 0 radical (unpaired) electrons. The molecule has 0 spiro atoms. The maximum absolute atomic E-state index is 11.8. The number of benzene rings is 3. The van der Waals surface area contributed by atoms with Crippen LogP contribution in [0.3, 0.4) is 0 Å². The summed E-state index contributed by atoms with van der Waals surface area (Å²) in [4.78, 5) is 13.6. The third-order valence-electron chi connectivity index (χ3n) is 4.42. The summed E-state index contributed by atoms with van der Waals surface area (Å²) in [6.07, 6.45) is 0. The number of rotatable bonds is 4. The number of nitrogens with zero attached hydrogens (tertiary/aromatic N) is 1. The van der Waals surface area contributed by atoms with Crippen molar-refractivity contribution < 1.29 is 4.79 Å². The third kappa shape index (κ3) is 4.25. The molecule has 0 saturated heterocycles. The SMILES string of the molecule is CC(=O)N(C)Cc1c(-c2ccc(Br)cc2)cccc1-c1ccc(Br)cc1. The molecule has 3 aromatic rings. The monoisotopic (exact) mass is 471 g/mol. The summed E-state index contributed by atoms with van der Waals surface area (Å²) in [6, 6.07) is 22.9. The van der Waals surface area contributed by atoms with Crippen molar-refractivity contribution >= 4 is 37.8 Å². The van der Waals surface area contributed by atoms with E-state index in [1.165, 1.54) is 0 Å². The number of halogens is 2. The number of carbonyl (C=O) groups is 1. The number of hydrogen-bond donors (Lipinski definition) is 0. The highest BCUT2D eigenvalue weighted by atomic mass is 79.9. The van der Waals surface area contributed by atoms with E-state index in [1.54, 1.807) is 11.8 Å². The van der Waals surface area contributed by atoms with Crippen LogP contribution in [0.5, 0.6) is 0 Å².